The molecular formula is C50H56N10O11. The predicted molar refractivity (Wildman–Crippen MR) is 257 cm³/mol. The number of imidazole rings is 1. The molecule has 6 rings (SSSR count). The predicted octanol–water partition coefficient (Wildman–Crippen LogP) is 2.04. The Labute approximate surface area is 407 Å². The number of aromatic nitrogens is 3. The molecule has 372 valence electrons. The summed E-state index contributed by atoms with van der Waals surface area (Å²) in [4.78, 5) is 106. The van der Waals surface area contributed by atoms with Gasteiger partial charge in [-0.2, -0.15) is 0 Å². The molecule has 2 aromatic heterocycles. The number of nitrogens with one attached hydrogen (secondary N) is 9. The van der Waals surface area contributed by atoms with Gasteiger partial charge in [-0.05, 0) is 58.5 Å². The summed E-state index contributed by atoms with van der Waals surface area (Å²) in [5, 5.41) is 55.6. The highest BCUT2D eigenvalue weighted by atomic mass is 16.5. The number of H-pyrrole nitrogens is 2. The molecule has 0 aliphatic rings. The number of phenols is 2. The molecule has 0 bridgehead atoms. The average Bonchev–Trinajstić information content (AvgIpc) is 4.03. The lowest BCUT2D eigenvalue weighted by Crippen LogP contribution is -2.61. The van der Waals surface area contributed by atoms with Crippen LogP contribution in [0.15, 0.2) is 122 Å². The SMILES string of the molecule is CC(C)[C@H](NC(=O)[C@H](Cc1c[nH]c2ccccc12)NC(=O)[C@H](Cc1ccccc1)NC(=O)[C@H](Cc1ccc(O)cc1)NC(=O)[C@H](Cc1cnc[nH]1)NC(=O)NO)C(=O)N[C@@H](Cc1ccc(O)cc1)C(=O)O. The number of aromatic hydroxyl groups is 2. The standard InChI is InChI=1S/C50H56N10O11/c1-28(2)43(48(67)57-42(49(68)69)22-31-14-18-35(62)19-15-31)59-47(66)40(23-32-25-52-37-11-7-6-10-36(32)37)56-45(64)38(20-29-8-4-3-5-9-29)54-44(63)39(21-30-12-16-34(61)17-13-30)55-46(65)41(58-50(70)60-71)24-33-26-51-27-53-33/h3-19,25-28,38-43,52,61-62,71H,20-24H2,1-2H3,(H,51,53)(H,54,63)(H,55,65)(H,56,64)(H,57,67)(H,59,66)(H,68,69)(H2,58,60,70)/t38-,39-,40-,41-,42-,43-/m0/s1. The van der Waals surface area contributed by atoms with Crippen molar-refractivity contribution in [3.05, 3.63) is 150 Å². The number of nitrogens with zero attached hydrogens (tertiary/aromatic N) is 1. The zero-order chi connectivity index (χ0) is 51.0. The van der Waals surface area contributed by atoms with Crippen molar-refractivity contribution in [2.45, 2.75) is 82.2 Å². The van der Waals surface area contributed by atoms with Crippen LogP contribution in [0.4, 0.5) is 4.79 Å². The first-order chi connectivity index (χ1) is 34.1. The maximum atomic E-state index is 14.8. The lowest BCUT2D eigenvalue weighted by molar-refractivity contribution is -0.142. The molecule has 2 heterocycles. The summed E-state index contributed by atoms with van der Waals surface area (Å²) in [5.41, 5.74) is 4.85. The second-order valence-corrected chi connectivity index (χ2v) is 17.2. The fraction of sp³-hybridized carbons (Fsp3) is 0.280. The van der Waals surface area contributed by atoms with Crippen LogP contribution in [0.3, 0.4) is 0 Å². The normalized spacial score (nSPS) is 13.6. The van der Waals surface area contributed by atoms with Crippen molar-refractivity contribution in [2.75, 3.05) is 0 Å². The quantitative estimate of drug-likeness (QED) is 0.0324. The number of hydrogen-bond acceptors (Lipinski definition) is 11. The van der Waals surface area contributed by atoms with Crippen molar-refractivity contribution in [1.29, 1.82) is 0 Å². The van der Waals surface area contributed by atoms with Crippen LogP contribution in [0, 0.1) is 5.92 Å². The number of para-hydroxylation sites is 1. The van der Waals surface area contributed by atoms with Gasteiger partial charge in [0, 0.05) is 61.1 Å². The van der Waals surface area contributed by atoms with Gasteiger partial charge < -0.3 is 57.2 Å². The lowest BCUT2D eigenvalue weighted by atomic mass is 9.98. The molecule has 0 spiro atoms. The number of carbonyl (C=O) groups is 7. The number of aliphatic carboxylic acids is 1. The van der Waals surface area contributed by atoms with Gasteiger partial charge in [0.2, 0.25) is 29.5 Å². The van der Waals surface area contributed by atoms with E-state index in [0.717, 1.165) is 10.9 Å². The Hall–Kier alpha value is -8.72. The zero-order valence-electron chi connectivity index (χ0n) is 38.7. The molecule has 0 aliphatic heterocycles. The zero-order valence-corrected chi connectivity index (χ0v) is 38.7. The molecule has 71 heavy (non-hydrogen) atoms. The van der Waals surface area contributed by atoms with Gasteiger partial charge in [-0.1, -0.05) is 86.6 Å². The molecule has 0 fully saturated rings. The van der Waals surface area contributed by atoms with Crippen molar-refractivity contribution in [2.24, 2.45) is 5.92 Å². The van der Waals surface area contributed by atoms with E-state index in [0.29, 0.717) is 27.9 Å². The third-order valence-electron chi connectivity index (χ3n) is 11.6. The van der Waals surface area contributed by atoms with E-state index in [1.54, 1.807) is 56.4 Å². The van der Waals surface area contributed by atoms with Gasteiger partial charge in [-0.15, -0.1) is 0 Å². The van der Waals surface area contributed by atoms with Gasteiger partial charge in [0.05, 0.1) is 6.33 Å². The highest BCUT2D eigenvalue weighted by molar-refractivity contribution is 5.97. The third-order valence-corrected chi connectivity index (χ3v) is 11.6. The van der Waals surface area contributed by atoms with E-state index in [1.807, 2.05) is 18.2 Å². The number of hydroxylamine groups is 1. The first-order valence-corrected chi connectivity index (χ1v) is 22.6. The van der Waals surface area contributed by atoms with Crippen LogP contribution >= 0.6 is 0 Å². The highest BCUT2D eigenvalue weighted by Crippen LogP contribution is 2.20. The lowest BCUT2D eigenvalue weighted by Gasteiger charge is -2.28. The molecule has 21 heteroatoms. The highest BCUT2D eigenvalue weighted by Gasteiger charge is 2.35. The van der Waals surface area contributed by atoms with E-state index in [2.05, 4.69) is 46.9 Å². The van der Waals surface area contributed by atoms with Crippen LogP contribution in [0.5, 0.6) is 11.5 Å². The van der Waals surface area contributed by atoms with Crippen molar-refractivity contribution in [3.8, 4) is 11.5 Å². The fourth-order valence-corrected chi connectivity index (χ4v) is 7.82. The van der Waals surface area contributed by atoms with Gasteiger partial charge in [0.1, 0.15) is 47.8 Å². The van der Waals surface area contributed by atoms with E-state index in [4.69, 9.17) is 0 Å². The molecule has 0 saturated heterocycles. The minimum Gasteiger partial charge on any atom is -0.508 e. The molecule has 0 unspecified atom stereocenters. The van der Waals surface area contributed by atoms with Crippen LogP contribution in [0.2, 0.25) is 0 Å². The topological polar surface area (TPSA) is 329 Å². The maximum absolute atomic E-state index is 14.8. The fourth-order valence-electron chi connectivity index (χ4n) is 7.82. The number of urea groups is 1. The smallest absolute Gasteiger partial charge is 0.339 e. The number of carboxylic acid groups (broad SMARTS) is 1. The number of carbonyl (C=O) groups excluding carboxylic acids is 6. The van der Waals surface area contributed by atoms with E-state index in [-0.39, 0.29) is 43.6 Å². The Morgan fingerprint density at radius 1 is 0.535 bits per heavy atom. The van der Waals surface area contributed by atoms with E-state index < -0.39 is 83.7 Å². The number of amides is 7. The number of aromatic amines is 2. The minimum absolute atomic E-state index is 0.0221. The number of carboxylic acids is 1. The largest absolute Gasteiger partial charge is 0.508 e. The number of hydrogen-bond donors (Lipinski definition) is 13. The first-order valence-electron chi connectivity index (χ1n) is 22.6. The Balaban J connectivity index is 1.29. The van der Waals surface area contributed by atoms with Gasteiger partial charge >= 0.3 is 12.0 Å². The molecule has 21 nitrogen and oxygen atoms in total. The Kier molecular flexibility index (Phi) is 17.8. The summed E-state index contributed by atoms with van der Waals surface area (Å²) in [6.45, 7) is 3.31. The summed E-state index contributed by atoms with van der Waals surface area (Å²) < 4.78 is 0. The molecule has 6 aromatic rings. The minimum atomic E-state index is -1.42. The van der Waals surface area contributed by atoms with Crippen LogP contribution in [0.25, 0.3) is 10.9 Å². The summed E-state index contributed by atoms with van der Waals surface area (Å²) in [7, 11) is 0. The third kappa shape index (κ3) is 14.9. The second kappa shape index (κ2) is 24.5. The van der Waals surface area contributed by atoms with Crippen LogP contribution < -0.4 is 37.4 Å². The van der Waals surface area contributed by atoms with Crippen molar-refractivity contribution in [1.82, 2.24) is 52.3 Å². The second-order valence-electron chi connectivity index (χ2n) is 17.2. The van der Waals surface area contributed by atoms with Crippen LogP contribution in [-0.2, 0) is 60.9 Å². The molecule has 7 amide bonds. The Bertz CT molecular complexity index is 2770. The van der Waals surface area contributed by atoms with Gasteiger partial charge in [-0.3, -0.25) is 29.2 Å². The van der Waals surface area contributed by atoms with Crippen molar-refractivity contribution < 1.29 is 54.1 Å². The molecule has 13 N–H and O–H groups in total. The van der Waals surface area contributed by atoms with Gasteiger partial charge in [-0.25, -0.2) is 20.1 Å². The van der Waals surface area contributed by atoms with E-state index in [1.165, 1.54) is 66.5 Å². The summed E-state index contributed by atoms with van der Waals surface area (Å²) in [6, 6.07) is 18.3. The van der Waals surface area contributed by atoms with Crippen LogP contribution in [0.1, 0.15) is 41.8 Å². The first kappa shape index (κ1) is 51.7. The monoisotopic (exact) mass is 972 g/mol. The number of rotatable bonds is 23. The van der Waals surface area contributed by atoms with Crippen molar-refractivity contribution in [3.63, 3.8) is 0 Å². The van der Waals surface area contributed by atoms with E-state index in [9.17, 15) is 54.1 Å². The van der Waals surface area contributed by atoms with E-state index >= 15 is 0 Å². The molecule has 0 aliphatic carbocycles. The molecular weight excluding hydrogens is 917 g/mol. The number of benzene rings is 4. The molecule has 4 aromatic carbocycles. The Morgan fingerprint density at radius 2 is 1.01 bits per heavy atom. The number of phenolic OH excluding ortho intramolecular Hbond substituents is 2. The summed E-state index contributed by atoms with van der Waals surface area (Å²) >= 11 is 0. The molecule has 0 saturated carbocycles. The van der Waals surface area contributed by atoms with Gasteiger partial charge in [0.25, 0.3) is 0 Å². The van der Waals surface area contributed by atoms with Crippen molar-refractivity contribution >= 4 is 52.4 Å². The summed E-state index contributed by atoms with van der Waals surface area (Å²) in [5.74, 6) is -6.10. The number of fused-ring (bicyclic) bond motifs is 1. The molecule has 6 atom stereocenters. The van der Waals surface area contributed by atoms with Gasteiger partial charge in [0.15, 0.2) is 0 Å². The van der Waals surface area contributed by atoms with Crippen LogP contribution in [-0.4, -0.2) is 113 Å². The summed E-state index contributed by atoms with van der Waals surface area (Å²) in [6.07, 6.45) is 3.83. The average molecular weight is 973 g/mol. The Morgan fingerprint density at radius 3 is 1.54 bits per heavy atom. The maximum Gasteiger partial charge on any atom is 0.339 e. The molecule has 0 radical (unpaired) electrons.